The van der Waals surface area contributed by atoms with Gasteiger partial charge in [-0.2, -0.15) is 0 Å². The molecule has 0 aromatic heterocycles. The van der Waals surface area contributed by atoms with E-state index in [4.69, 9.17) is 0 Å². The molecule has 2 fully saturated rings. The topological polar surface area (TPSA) is 23.5 Å². The van der Waals surface area contributed by atoms with Gasteiger partial charge in [-0.1, -0.05) is 30.3 Å². The van der Waals surface area contributed by atoms with Gasteiger partial charge in [-0.05, 0) is 30.7 Å². The molecular formula is C14H19NO. The van der Waals surface area contributed by atoms with Crippen molar-refractivity contribution >= 4 is 0 Å². The van der Waals surface area contributed by atoms with Crippen molar-refractivity contribution in [3.05, 3.63) is 35.9 Å². The van der Waals surface area contributed by atoms with E-state index in [9.17, 15) is 5.11 Å². The van der Waals surface area contributed by atoms with Gasteiger partial charge in [-0.15, -0.1) is 0 Å². The van der Waals surface area contributed by atoms with Gasteiger partial charge < -0.3 is 5.11 Å². The molecule has 1 atom stereocenters. The SMILES string of the molecule is CC(CO)(c1ccccc1)N1CC2(CC2)C1. The molecule has 1 saturated heterocycles. The van der Waals surface area contributed by atoms with E-state index in [1.807, 2.05) is 6.07 Å². The van der Waals surface area contributed by atoms with Crippen molar-refractivity contribution in [3.63, 3.8) is 0 Å². The fourth-order valence-corrected chi connectivity index (χ4v) is 2.78. The average molecular weight is 217 g/mol. The fourth-order valence-electron chi connectivity index (χ4n) is 2.78. The van der Waals surface area contributed by atoms with E-state index in [1.54, 1.807) is 0 Å². The largest absolute Gasteiger partial charge is 0.394 e. The molecule has 0 amide bonds. The van der Waals surface area contributed by atoms with Crippen molar-refractivity contribution in [2.75, 3.05) is 19.7 Å². The van der Waals surface area contributed by atoms with Gasteiger partial charge in [-0.3, -0.25) is 4.90 Å². The number of likely N-dealkylation sites (tertiary alicyclic amines) is 1. The second kappa shape index (κ2) is 3.31. The Kier molecular flexibility index (Phi) is 2.13. The molecule has 1 aliphatic heterocycles. The van der Waals surface area contributed by atoms with Crippen LogP contribution in [0.2, 0.25) is 0 Å². The van der Waals surface area contributed by atoms with E-state index < -0.39 is 0 Å². The van der Waals surface area contributed by atoms with Crippen LogP contribution in [-0.2, 0) is 5.54 Å². The number of aliphatic hydroxyl groups is 1. The summed E-state index contributed by atoms with van der Waals surface area (Å²) in [6, 6.07) is 10.4. The first-order chi connectivity index (χ1) is 7.69. The molecule has 1 aromatic rings. The summed E-state index contributed by atoms with van der Waals surface area (Å²) in [6.45, 7) is 4.68. The van der Waals surface area contributed by atoms with E-state index in [0.717, 1.165) is 0 Å². The molecule has 2 heteroatoms. The third-order valence-electron chi connectivity index (χ3n) is 4.41. The Balaban J connectivity index is 1.83. The molecular weight excluding hydrogens is 198 g/mol. The van der Waals surface area contributed by atoms with E-state index in [2.05, 4.69) is 36.1 Å². The van der Waals surface area contributed by atoms with Crippen LogP contribution in [0.5, 0.6) is 0 Å². The summed E-state index contributed by atoms with van der Waals surface area (Å²) in [5.41, 5.74) is 1.69. The van der Waals surface area contributed by atoms with Gasteiger partial charge in [0.05, 0.1) is 12.1 Å². The summed E-state index contributed by atoms with van der Waals surface area (Å²) in [6.07, 6.45) is 2.78. The minimum absolute atomic E-state index is 0.185. The van der Waals surface area contributed by atoms with Gasteiger partial charge in [-0.25, -0.2) is 0 Å². The van der Waals surface area contributed by atoms with E-state index >= 15 is 0 Å². The van der Waals surface area contributed by atoms with Crippen molar-refractivity contribution < 1.29 is 5.11 Å². The highest BCUT2D eigenvalue weighted by atomic mass is 16.3. The standard InChI is InChI=1S/C14H19NO/c1-13(11-16,12-5-3-2-4-6-12)15-9-14(10-15)7-8-14/h2-6,16H,7-11H2,1H3. The van der Waals surface area contributed by atoms with Crippen molar-refractivity contribution in [1.29, 1.82) is 0 Å². The molecule has 1 N–H and O–H groups in total. The van der Waals surface area contributed by atoms with Gasteiger partial charge in [0.1, 0.15) is 0 Å². The molecule has 1 unspecified atom stereocenters. The lowest BCUT2D eigenvalue weighted by Crippen LogP contribution is -2.59. The number of hydrogen-bond acceptors (Lipinski definition) is 2. The van der Waals surface area contributed by atoms with E-state index in [0.29, 0.717) is 5.41 Å². The molecule has 1 saturated carbocycles. The number of nitrogens with zero attached hydrogens (tertiary/aromatic N) is 1. The summed E-state index contributed by atoms with van der Waals surface area (Å²) in [7, 11) is 0. The highest BCUT2D eigenvalue weighted by Crippen LogP contribution is 2.55. The maximum Gasteiger partial charge on any atom is 0.0665 e. The lowest BCUT2D eigenvalue weighted by atomic mass is 9.83. The van der Waals surface area contributed by atoms with Crippen LogP contribution in [0.15, 0.2) is 30.3 Å². The van der Waals surface area contributed by atoms with Crippen LogP contribution >= 0.6 is 0 Å². The van der Waals surface area contributed by atoms with Crippen molar-refractivity contribution in [1.82, 2.24) is 4.90 Å². The highest BCUT2D eigenvalue weighted by molar-refractivity contribution is 5.26. The Labute approximate surface area is 96.9 Å². The molecule has 2 aliphatic rings. The quantitative estimate of drug-likeness (QED) is 0.837. The van der Waals surface area contributed by atoms with Gasteiger partial charge in [0, 0.05) is 13.1 Å². The number of hydrogen-bond donors (Lipinski definition) is 1. The zero-order valence-corrected chi connectivity index (χ0v) is 9.82. The highest BCUT2D eigenvalue weighted by Gasteiger charge is 2.56. The smallest absolute Gasteiger partial charge is 0.0665 e. The second-order valence-corrected chi connectivity index (χ2v) is 5.65. The Hall–Kier alpha value is -0.860. The minimum atomic E-state index is -0.185. The normalized spacial score (nSPS) is 26.1. The van der Waals surface area contributed by atoms with Gasteiger partial charge in [0.2, 0.25) is 0 Å². The molecule has 86 valence electrons. The zero-order valence-electron chi connectivity index (χ0n) is 9.82. The Morgan fingerprint density at radius 1 is 1.25 bits per heavy atom. The third-order valence-corrected chi connectivity index (χ3v) is 4.41. The van der Waals surface area contributed by atoms with Gasteiger partial charge in [0.15, 0.2) is 0 Å². The summed E-state index contributed by atoms with van der Waals surface area (Å²) in [4.78, 5) is 2.43. The molecule has 3 rings (SSSR count). The molecule has 0 radical (unpaired) electrons. The fraction of sp³-hybridized carbons (Fsp3) is 0.571. The number of benzene rings is 1. The second-order valence-electron chi connectivity index (χ2n) is 5.65. The first-order valence-corrected chi connectivity index (χ1v) is 6.10. The summed E-state index contributed by atoms with van der Waals surface area (Å²) >= 11 is 0. The molecule has 1 heterocycles. The molecule has 0 bridgehead atoms. The van der Waals surface area contributed by atoms with Gasteiger partial charge in [0.25, 0.3) is 0 Å². The molecule has 1 aromatic carbocycles. The molecule has 16 heavy (non-hydrogen) atoms. The van der Waals surface area contributed by atoms with Crippen LogP contribution in [0, 0.1) is 5.41 Å². The van der Waals surface area contributed by atoms with Crippen LogP contribution in [0.25, 0.3) is 0 Å². The monoisotopic (exact) mass is 217 g/mol. The Bertz CT molecular complexity index is 377. The maximum atomic E-state index is 9.72. The van der Waals surface area contributed by atoms with Crippen LogP contribution in [0.3, 0.4) is 0 Å². The Morgan fingerprint density at radius 3 is 2.38 bits per heavy atom. The predicted molar refractivity (Wildman–Crippen MR) is 64.1 cm³/mol. The lowest BCUT2D eigenvalue weighted by molar-refractivity contribution is -0.0512. The Morgan fingerprint density at radius 2 is 1.88 bits per heavy atom. The van der Waals surface area contributed by atoms with Crippen molar-refractivity contribution in [2.24, 2.45) is 5.41 Å². The van der Waals surface area contributed by atoms with Crippen LogP contribution < -0.4 is 0 Å². The third kappa shape index (κ3) is 1.40. The first kappa shape index (κ1) is 10.3. The summed E-state index contributed by atoms with van der Waals surface area (Å²) in [5.74, 6) is 0. The van der Waals surface area contributed by atoms with Crippen LogP contribution in [0.4, 0.5) is 0 Å². The lowest BCUT2D eigenvalue weighted by Gasteiger charge is -2.51. The summed E-state index contributed by atoms with van der Waals surface area (Å²) in [5, 5.41) is 9.72. The van der Waals surface area contributed by atoms with Crippen molar-refractivity contribution in [3.8, 4) is 0 Å². The molecule has 2 nitrogen and oxygen atoms in total. The van der Waals surface area contributed by atoms with Crippen molar-refractivity contribution in [2.45, 2.75) is 25.3 Å². The summed E-state index contributed by atoms with van der Waals surface area (Å²) < 4.78 is 0. The minimum Gasteiger partial charge on any atom is -0.394 e. The predicted octanol–water partition coefficient (Wildman–Crippen LogP) is 1.99. The molecule has 1 spiro atoms. The van der Waals surface area contributed by atoms with E-state index in [1.165, 1.54) is 31.5 Å². The van der Waals surface area contributed by atoms with Crippen LogP contribution in [0.1, 0.15) is 25.3 Å². The van der Waals surface area contributed by atoms with Gasteiger partial charge >= 0.3 is 0 Å². The average Bonchev–Trinajstić information content (AvgIpc) is 3.07. The number of rotatable bonds is 3. The maximum absolute atomic E-state index is 9.72. The first-order valence-electron chi connectivity index (χ1n) is 6.10. The zero-order chi connectivity index (χ0) is 11.2. The molecule has 1 aliphatic carbocycles. The van der Waals surface area contributed by atoms with Crippen LogP contribution in [-0.4, -0.2) is 29.7 Å². The van der Waals surface area contributed by atoms with E-state index in [-0.39, 0.29) is 12.1 Å². The number of aliphatic hydroxyl groups excluding tert-OH is 1.